The molecule has 1 aromatic heterocycles. The Labute approximate surface area is 112 Å². The van der Waals surface area contributed by atoms with E-state index >= 15 is 0 Å². The number of nitrogens with two attached hydrogens (primary N) is 1. The number of hydrogen-bond donors (Lipinski definition) is 1. The van der Waals surface area contributed by atoms with Crippen molar-refractivity contribution in [1.82, 2.24) is 0 Å². The zero-order valence-electron chi connectivity index (χ0n) is 9.71. The van der Waals surface area contributed by atoms with E-state index in [-0.39, 0.29) is 11.6 Å². The molecule has 1 unspecified atom stereocenters. The van der Waals surface area contributed by atoms with Crippen molar-refractivity contribution in [3.63, 3.8) is 0 Å². The zero-order valence-corrected chi connectivity index (χ0v) is 11.3. The van der Waals surface area contributed by atoms with Gasteiger partial charge in [0.25, 0.3) is 0 Å². The highest BCUT2D eigenvalue weighted by Crippen LogP contribution is 2.33. The Hall–Kier alpha value is -1.20. The maximum atomic E-state index is 13.7. The monoisotopic (exact) mass is 315 g/mol. The molecule has 1 atom stereocenters. The van der Waals surface area contributed by atoms with Gasteiger partial charge in [0.1, 0.15) is 23.2 Å². The third kappa shape index (κ3) is 2.79. The van der Waals surface area contributed by atoms with Crippen LogP contribution in [-0.4, -0.2) is 6.04 Å². The molecule has 96 valence electrons. The number of benzene rings is 1. The summed E-state index contributed by atoms with van der Waals surface area (Å²) in [6, 6.07) is 5.39. The van der Waals surface area contributed by atoms with Crippen molar-refractivity contribution in [3.8, 4) is 11.3 Å². The predicted octanol–water partition coefficient (Wildman–Crippen LogP) is 3.88. The van der Waals surface area contributed by atoms with Crippen molar-refractivity contribution in [2.75, 3.05) is 0 Å². The largest absolute Gasteiger partial charge is 0.461 e. The van der Waals surface area contributed by atoms with Gasteiger partial charge in [0, 0.05) is 23.0 Å². The van der Waals surface area contributed by atoms with Crippen molar-refractivity contribution in [2.45, 2.75) is 19.4 Å². The lowest BCUT2D eigenvalue weighted by Crippen LogP contribution is -2.17. The Kier molecular flexibility index (Phi) is 3.82. The van der Waals surface area contributed by atoms with E-state index < -0.39 is 11.6 Å². The smallest absolute Gasteiger partial charge is 0.138 e. The molecule has 0 aliphatic rings. The quantitative estimate of drug-likeness (QED) is 0.933. The van der Waals surface area contributed by atoms with Crippen LogP contribution < -0.4 is 5.73 Å². The van der Waals surface area contributed by atoms with Crippen LogP contribution in [0.5, 0.6) is 0 Å². The minimum atomic E-state index is -0.663. The van der Waals surface area contributed by atoms with Crippen LogP contribution in [0.2, 0.25) is 0 Å². The summed E-state index contributed by atoms with van der Waals surface area (Å²) < 4.78 is 32.5. The fourth-order valence-corrected chi connectivity index (χ4v) is 2.32. The van der Waals surface area contributed by atoms with Gasteiger partial charge >= 0.3 is 0 Å². The molecule has 2 rings (SSSR count). The fraction of sp³-hybridized carbons (Fsp3) is 0.231. The summed E-state index contributed by atoms with van der Waals surface area (Å²) in [5.41, 5.74) is 5.87. The number of furan rings is 1. The average molecular weight is 316 g/mol. The van der Waals surface area contributed by atoms with Gasteiger partial charge in [0.15, 0.2) is 0 Å². The summed E-state index contributed by atoms with van der Waals surface area (Å²) in [6.45, 7) is 1.86. The molecule has 0 aliphatic heterocycles. The Morgan fingerprint density at radius 3 is 2.67 bits per heavy atom. The fourth-order valence-electron chi connectivity index (χ4n) is 1.72. The molecule has 2 N–H and O–H groups in total. The molecule has 0 saturated heterocycles. The highest BCUT2D eigenvalue weighted by atomic mass is 79.9. The molecule has 0 aliphatic carbocycles. The summed E-state index contributed by atoms with van der Waals surface area (Å²) >= 11 is 3.13. The molecule has 0 amide bonds. The standard InChI is InChI=1S/C13H12BrF2NO/c1-7(17)4-9-2-3-12(18-9)13-10(14)5-8(15)6-11(13)16/h2-3,5-7H,4,17H2,1H3. The second kappa shape index (κ2) is 5.20. The zero-order chi connectivity index (χ0) is 13.3. The highest BCUT2D eigenvalue weighted by Gasteiger charge is 2.15. The number of rotatable bonds is 3. The molecule has 0 radical (unpaired) electrons. The lowest BCUT2D eigenvalue weighted by molar-refractivity contribution is 0.498. The number of halogens is 3. The van der Waals surface area contributed by atoms with Crippen molar-refractivity contribution < 1.29 is 13.2 Å². The lowest BCUT2D eigenvalue weighted by atomic mass is 10.1. The van der Waals surface area contributed by atoms with Crippen LogP contribution in [0, 0.1) is 11.6 Å². The average Bonchev–Trinajstić information content (AvgIpc) is 2.63. The summed E-state index contributed by atoms with van der Waals surface area (Å²) in [5.74, 6) is -0.264. The molecule has 5 heteroatoms. The van der Waals surface area contributed by atoms with E-state index in [1.807, 2.05) is 6.92 Å². The Morgan fingerprint density at radius 2 is 2.06 bits per heavy atom. The topological polar surface area (TPSA) is 39.2 Å². The molecular weight excluding hydrogens is 304 g/mol. The van der Waals surface area contributed by atoms with Crippen LogP contribution in [0.4, 0.5) is 8.78 Å². The first-order valence-corrected chi connectivity index (χ1v) is 6.26. The summed E-state index contributed by atoms with van der Waals surface area (Å²) in [7, 11) is 0. The van der Waals surface area contributed by atoms with Crippen LogP contribution in [0.25, 0.3) is 11.3 Å². The molecule has 1 heterocycles. The normalized spacial score (nSPS) is 12.7. The van der Waals surface area contributed by atoms with Gasteiger partial charge in [0.05, 0.1) is 5.56 Å². The van der Waals surface area contributed by atoms with E-state index in [4.69, 9.17) is 10.2 Å². The van der Waals surface area contributed by atoms with E-state index in [1.54, 1.807) is 12.1 Å². The second-order valence-corrected chi connectivity index (χ2v) is 5.05. The molecule has 0 spiro atoms. The van der Waals surface area contributed by atoms with E-state index in [0.29, 0.717) is 22.4 Å². The van der Waals surface area contributed by atoms with Crippen LogP contribution in [0.15, 0.2) is 33.2 Å². The lowest BCUT2D eigenvalue weighted by Gasteiger charge is -2.04. The van der Waals surface area contributed by atoms with Gasteiger partial charge < -0.3 is 10.2 Å². The first kappa shape index (κ1) is 13.2. The van der Waals surface area contributed by atoms with Crippen LogP contribution in [0.3, 0.4) is 0 Å². The van der Waals surface area contributed by atoms with E-state index in [1.165, 1.54) is 6.07 Å². The molecule has 0 fully saturated rings. The van der Waals surface area contributed by atoms with Gasteiger partial charge in [-0.2, -0.15) is 0 Å². The molecule has 2 nitrogen and oxygen atoms in total. The van der Waals surface area contributed by atoms with Crippen LogP contribution in [-0.2, 0) is 6.42 Å². The maximum Gasteiger partial charge on any atom is 0.138 e. The Balaban J connectivity index is 2.40. The maximum absolute atomic E-state index is 13.7. The molecule has 1 aromatic carbocycles. The van der Waals surface area contributed by atoms with Gasteiger partial charge in [-0.3, -0.25) is 0 Å². The van der Waals surface area contributed by atoms with Gasteiger partial charge in [0.2, 0.25) is 0 Å². The van der Waals surface area contributed by atoms with E-state index in [2.05, 4.69) is 15.9 Å². The molecule has 0 saturated carbocycles. The summed E-state index contributed by atoms with van der Waals surface area (Å²) in [6.07, 6.45) is 0.570. The molecule has 18 heavy (non-hydrogen) atoms. The predicted molar refractivity (Wildman–Crippen MR) is 69.1 cm³/mol. The van der Waals surface area contributed by atoms with Crippen molar-refractivity contribution in [2.24, 2.45) is 5.73 Å². The number of hydrogen-bond acceptors (Lipinski definition) is 2. The van der Waals surface area contributed by atoms with Gasteiger partial charge in [-0.05, 0) is 41.1 Å². The second-order valence-electron chi connectivity index (χ2n) is 4.19. The minimum Gasteiger partial charge on any atom is -0.461 e. The van der Waals surface area contributed by atoms with E-state index in [9.17, 15) is 8.78 Å². The summed E-state index contributed by atoms with van der Waals surface area (Å²) in [4.78, 5) is 0. The molecular formula is C13H12BrF2NO. The third-order valence-electron chi connectivity index (χ3n) is 2.44. The summed E-state index contributed by atoms with van der Waals surface area (Å²) in [5, 5.41) is 0. The van der Waals surface area contributed by atoms with Crippen molar-refractivity contribution in [1.29, 1.82) is 0 Å². The van der Waals surface area contributed by atoms with Crippen molar-refractivity contribution in [3.05, 3.63) is 46.1 Å². The van der Waals surface area contributed by atoms with Crippen LogP contribution >= 0.6 is 15.9 Å². The van der Waals surface area contributed by atoms with Gasteiger partial charge in [-0.15, -0.1) is 0 Å². The van der Waals surface area contributed by atoms with Gasteiger partial charge in [-0.25, -0.2) is 8.78 Å². The Morgan fingerprint density at radius 1 is 1.33 bits per heavy atom. The highest BCUT2D eigenvalue weighted by molar-refractivity contribution is 9.10. The SMILES string of the molecule is CC(N)Cc1ccc(-c2c(F)cc(F)cc2Br)o1. The van der Waals surface area contributed by atoms with Gasteiger partial charge in [-0.1, -0.05) is 0 Å². The molecule has 0 bridgehead atoms. The molecule has 2 aromatic rings. The van der Waals surface area contributed by atoms with Crippen molar-refractivity contribution >= 4 is 15.9 Å². The minimum absolute atomic E-state index is 0.0366. The van der Waals surface area contributed by atoms with E-state index in [0.717, 1.165) is 6.07 Å². The first-order valence-electron chi connectivity index (χ1n) is 5.46. The first-order chi connectivity index (χ1) is 8.47. The Bertz CT molecular complexity index is 543. The van der Waals surface area contributed by atoms with Crippen LogP contribution in [0.1, 0.15) is 12.7 Å². The third-order valence-corrected chi connectivity index (χ3v) is 3.06.